The van der Waals surface area contributed by atoms with Gasteiger partial charge in [-0.3, -0.25) is 9.59 Å². The van der Waals surface area contributed by atoms with Crippen LogP contribution in [0, 0.1) is 0 Å². The van der Waals surface area contributed by atoms with Crippen LogP contribution in [0.4, 0.5) is 5.95 Å². The minimum atomic E-state index is -1.36. The zero-order valence-electron chi connectivity index (χ0n) is 13.8. The van der Waals surface area contributed by atoms with Crippen molar-refractivity contribution in [3.8, 4) is 0 Å². The van der Waals surface area contributed by atoms with Crippen molar-refractivity contribution in [2.75, 3.05) is 12.3 Å². The highest BCUT2D eigenvalue weighted by molar-refractivity contribution is 5.68. The van der Waals surface area contributed by atoms with E-state index in [0.717, 1.165) is 11.5 Å². The zero-order chi connectivity index (χ0) is 19.0. The van der Waals surface area contributed by atoms with Crippen LogP contribution in [0.25, 0.3) is 11.2 Å². The number of carbonyl (C=O) groups excluding carboxylic acids is 2. The number of ether oxygens (including phenoxy) is 3. The van der Waals surface area contributed by atoms with E-state index in [4.69, 9.17) is 24.4 Å². The fourth-order valence-corrected chi connectivity index (χ4v) is 2.66. The molecule has 2 aromatic rings. The maximum Gasteiger partial charge on any atom is 0.423 e. The van der Waals surface area contributed by atoms with Gasteiger partial charge in [-0.1, -0.05) is 0 Å². The number of hydrogen-bond donors (Lipinski definition) is 2. The van der Waals surface area contributed by atoms with Gasteiger partial charge in [-0.25, -0.2) is 14.3 Å². The molecule has 0 radical (unpaired) electrons. The van der Waals surface area contributed by atoms with E-state index in [1.165, 1.54) is 13.1 Å². The molecule has 0 aliphatic carbocycles. The summed E-state index contributed by atoms with van der Waals surface area (Å²) in [5, 5.41) is 10.4. The Morgan fingerprint density at radius 3 is 2.77 bits per heavy atom. The standard InChI is InChI=1S/C14H16N4O8/c1-5(19)23-4-8-9(21)10(24-6(2)20)12(25-8)18-11-7(26-14(18)22)3-16-13(15)17-11/h3,8-10,12,21H,4H2,1-2H3,(H2,15,16,17)/t8-,9-,10-,12-/m1/s1. The maximum absolute atomic E-state index is 12.2. The number of aromatic nitrogens is 3. The van der Waals surface area contributed by atoms with Crippen LogP contribution in [-0.2, 0) is 23.8 Å². The summed E-state index contributed by atoms with van der Waals surface area (Å²) in [4.78, 5) is 42.3. The average Bonchev–Trinajstić information content (AvgIpc) is 3.02. The molecule has 26 heavy (non-hydrogen) atoms. The van der Waals surface area contributed by atoms with Gasteiger partial charge in [0.15, 0.2) is 23.6 Å². The number of fused-ring (bicyclic) bond motifs is 1. The quantitative estimate of drug-likeness (QED) is 0.616. The van der Waals surface area contributed by atoms with Gasteiger partial charge in [-0.05, 0) is 0 Å². The van der Waals surface area contributed by atoms with Crippen LogP contribution < -0.4 is 11.5 Å². The van der Waals surface area contributed by atoms with E-state index in [1.54, 1.807) is 0 Å². The third kappa shape index (κ3) is 3.23. The summed E-state index contributed by atoms with van der Waals surface area (Å²) in [6.45, 7) is 2.03. The smallest absolute Gasteiger partial charge is 0.423 e. The molecule has 0 bridgehead atoms. The van der Waals surface area contributed by atoms with Gasteiger partial charge < -0.3 is 29.5 Å². The Kier molecular flexibility index (Phi) is 4.61. The lowest BCUT2D eigenvalue weighted by Crippen LogP contribution is -2.38. The molecule has 0 amide bonds. The lowest BCUT2D eigenvalue weighted by atomic mass is 10.1. The molecule has 1 saturated heterocycles. The van der Waals surface area contributed by atoms with Crippen LogP contribution >= 0.6 is 0 Å². The molecule has 140 valence electrons. The summed E-state index contributed by atoms with van der Waals surface area (Å²) >= 11 is 0. The van der Waals surface area contributed by atoms with E-state index < -0.39 is 42.2 Å². The van der Waals surface area contributed by atoms with E-state index in [0.29, 0.717) is 0 Å². The molecule has 3 heterocycles. The predicted octanol–water partition coefficient (Wildman–Crippen LogP) is -1.28. The summed E-state index contributed by atoms with van der Waals surface area (Å²) < 4.78 is 21.5. The highest BCUT2D eigenvalue weighted by Gasteiger charge is 2.49. The van der Waals surface area contributed by atoms with E-state index in [2.05, 4.69) is 9.97 Å². The molecule has 4 atom stereocenters. The van der Waals surface area contributed by atoms with Crippen molar-refractivity contribution in [1.29, 1.82) is 0 Å². The Morgan fingerprint density at radius 1 is 1.38 bits per heavy atom. The minimum Gasteiger partial charge on any atom is -0.463 e. The topological polar surface area (TPSA) is 169 Å². The van der Waals surface area contributed by atoms with Gasteiger partial charge in [0.1, 0.15) is 18.8 Å². The van der Waals surface area contributed by atoms with Gasteiger partial charge in [0.05, 0.1) is 6.20 Å². The summed E-state index contributed by atoms with van der Waals surface area (Å²) in [6.07, 6.45) is -3.72. The van der Waals surface area contributed by atoms with Gasteiger partial charge in [-0.15, -0.1) is 0 Å². The molecule has 1 aliphatic rings. The minimum absolute atomic E-state index is 0.00462. The molecular formula is C14H16N4O8. The summed E-state index contributed by atoms with van der Waals surface area (Å²) in [6, 6.07) is 0. The number of oxazole rings is 1. The van der Waals surface area contributed by atoms with E-state index in [9.17, 15) is 19.5 Å². The van der Waals surface area contributed by atoms with Gasteiger partial charge >= 0.3 is 17.7 Å². The van der Waals surface area contributed by atoms with E-state index in [1.807, 2.05) is 0 Å². The number of nitrogens with two attached hydrogens (primary N) is 1. The molecule has 12 heteroatoms. The summed E-state index contributed by atoms with van der Waals surface area (Å²) in [7, 11) is 0. The molecule has 0 unspecified atom stereocenters. The molecule has 0 aromatic carbocycles. The monoisotopic (exact) mass is 368 g/mol. The third-order valence-electron chi connectivity index (χ3n) is 3.70. The number of rotatable bonds is 4. The van der Waals surface area contributed by atoms with E-state index >= 15 is 0 Å². The molecule has 2 aromatic heterocycles. The van der Waals surface area contributed by atoms with Gasteiger partial charge in [0, 0.05) is 13.8 Å². The SMILES string of the molecule is CC(=O)OC[C@H]1O[C@@H](n2c(=O)oc3cnc(N)nc32)[C@H](OC(C)=O)[C@@H]1O. The maximum atomic E-state index is 12.2. The first kappa shape index (κ1) is 17.8. The number of hydrogen-bond acceptors (Lipinski definition) is 11. The Balaban J connectivity index is 2.02. The number of nitrogen functional groups attached to an aromatic ring is 1. The van der Waals surface area contributed by atoms with Crippen molar-refractivity contribution in [3.63, 3.8) is 0 Å². The van der Waals surface area contributed by atoms with Crippen molar-refractivity contribution < 1.29 is 33.3 Å². The van der Waals surface area contributed by atoms with Crippen molar-refractivity contribution in [3.05, 3.63) is 16.7 Å². The zero-order valence-corrected chi connectivity index (χ0v) is 13.8. The molecule has 1 fully saturated rings. The Hall–Kier alpha value is -2.99. The number of aliphatic hydroxyl groups is 1. The van der Waals surface area contributed by atoms with Gasteiger partial charge in [0.2, 0.25) is 5.95 Å². The second-order valence-corrected chi connectivity index (χ2v) is 5.59. The van der Waals surface area contributed by atoms with Crippen LogP contribution in [0.1, 0.15) is 20.1 Å². The highest BCUT2D eigenvalue weighted by Crippen LogP contribution is 2.33. The number of aliphatic hydroxyl groups excluding tert-OH is 1. The number of esters is 2. The van der Waals surface area contributed by atoms with Crippen molar-refractivity contribution >= 4 is 29.1 Å². The first-order valence-electron chi connectivity index (χ1n) is 7.55. The number of carbonyl (C=O) groups is 2. The molecular weight excluding hydrogens is 352 g/mol. The first-order chi connectivity index (χ1) is 12.3. The van der Waals surface area contributed by atoms with Crippen LogP contribution in [-0.4, -0.2) is 56.5 Å². The Labute approximate surface area is 145 Å². The normalized spacial score (nSPS) is 25.3. The first-order valence-corrected chi connectivity index (χ1v) is 7.55. The lowest BCUT2D eigenvalue weighted by Gasteiger charge is -2.20. The molecule has 3 N–H and O–H groups in total. The van der Waals surface area contributed by atoms with E-state index in [-0.39, 0.29) is 23.8 Å². The summed E-state index contributed by atoms with van der Waals surface area (Å²) in [5.41, 5.74) is 5.58. The van der Waals surface area contributed by atoms with Crippen molar-refractivity contribution in [1.82, 2.24) is 14.5 Å². The number of nitrogens with zero attached hydrogens (tertiary/aromatic N) is 3. The van der Waals surface area contributed by atoms with Crippen LogP contribution in [0.3, 0.4) is 0 Å². The highest BCUT2D eigenvalue weighted by atomic mass is 16.6. The second-order valence-electron chi connectivity index (χ2n) is 5.59. The average molecular weight is 368 g/mol. The number of anilines is 1. The third-order valence-corrected chi connectivity index (χ3v) is 3.70. The fourth-order valence-electron chi connectivity index (χ4n) is 2.66. The molecule has 0 saturated carbocycles. The molecule has 0 spiro atoms. The van der Waals surface area contributed by atoms with Gasteiger partial charge in [0.25, 0.3) is 0 Å². The summed E-state index contributed by atoms with van der Waals surface area (Å²) in [5.74, 6) is -2.28. The molecule has 12 nitrogen and oxygen atoms in total. The van der Waals surface area contributed by atoms with Crippen LogP contribution in [0.5, 0.6) is 0 Å². The lowest BCUT2D eigenvalue weighted by molar-refractivity contribution is -0.155. The second kappa shape index (κ2) is 6.72. The largest absolute Gasteiger partial charge is 0.463 e. The Morgan fingerprint density at radius 2 is 2.12 bits per heavy atom. The predicted molar refractivity (Wildman–Crippen MR) is 82.6 cm³/mol. The van der Waals surface area contributed by atoms with Gasteiger partial charge in [-0.2, -0.15) is 4.98 Å². The van der Waals surface area contributed by atoms with Crippen molar-refractivity contribution in [2.24, 2.45) is 0 Å². The van der Waals surface area contributed by atoms with Crippen molar-refractivity contribution in [2.45, 2.75) is 38.4 Å². The Bertz CT molecular complexity index is 906. The fraction of sp³-hybridized carbons (Fsp3) is 0.500. The van der Waals surface area contributed by atoms with Crippen LogP contribution in [0.2, 0.25) is 0 Å². The van der Waals surface area contributed by atoms with Crippen LogP contribution in [0.15, 0.2) is 15.4 Å². The molecule has 3 rings (SSSR count). The molecule has 1 aliphatic heterocycles.